The Kier molecular flexibility index (Phi) is 4.96. The number of hydrogen-bond donors (Lipinski definition) is 2. The van der Waals surface area contributed by atoms with Crippen LogP contribution in [0.3, 0.4) is 0 Å². The molecule has 0 aromatic heterocycles. The second-order valence-corrected chi connectivity index (χ2v) is 5.36. The minimum atomic E-state index is -0.929. The van der Waals surface area contributed by atoms with Crippen LogP contribution in [-0.2, 0) is 14.3 Å². The van der Waals surface area contributed by atoms with E-state index in [2.05, 4.69) is 5.32 Å². The second-order valence-electron chi connectivity index (χ2n) is 5.36. The number of hydrogen-bond acceptors (Lipinski definition) is 3. The predicted molar refractivity (Wildman–Crippen MR) is 77.6 cm³/mol. The minimum Gasteiger partial charge on any atom is -0.481 e. The zero-order valence-electron chi connectivity index (χ0n) is 12.3. The van der Waals surface area contributed by atoms with E-state index in [0.717, 1.165) is 5.56 Å². The summed E-state index contributed by atoms with van der Waals surface area (Å²) in [6, 6.07) is 8.67. The average Bonchev–Trinajstić information content (AvgIpc) is 3.24. The third-order valence-electron chi connectivity index (χ3n) is 3.80. The normalized spacial score (nSPS) is 23.1. The van der Waals surface area contributed by atoms with E-state index in [1.807, 2.05) is 37.3 Å². The highest BCUT2D eigenvalue weighted by molar-refractivity contribution is 5.83. The van der Waals surface area contributed by atoms with Crippen LogP contribution in [0.2, 0.25) is 0 Å². The number of nitrogens with one attached hydrogen (secondary N) is 1. The highest BCUT2D eigenvalue weighted by Crippen LogP contribution is 2.35. The smallest absolute Gasteiger partial charge is 0.308 e. The molecule has 114 valence electrons. The molecule has 5 heteroatoms. The van der Waals surface area contributed by atoms with E-state index >= 15 is 0 Å². The van der Waals surface area contributed by atoms with Crippen LogP contribution in [0.25, 0.3) is 0 Å². The summed E-state index contributed by atoms with van der Waals surface area (Å²) >= 11 is 0. The molecule has 1 aliphatic rings. The van der Waals surface area contributed by atoms with Gasteiger partial charge in [0, 0.05) is 6.61 Å². The van der Waals surface area contributed by atoms with Gasteiger partial charge in [0.2, 0.25) is 5.91 Å². The maximum atomic E-state index is 12.2. The van der Waals surface area contributed by atoms with Gasteiger partial charge in [0.1, 0.15) is 0 Å². The van der Waals surface area contributed by atoms with Crippen LogP contribution >= 0.6 is 0 Å². The number of ether oxygens (including phenoxy) is 1. The van der Waals surface area contributed by atoms with Crippen molar-refractivity contribution in [3.8, 4) is 0 Å². The first kappa shape index (κ1) is 15.5. The lowest BCUT2D eigenvalue weighted by Crippen LogP contribution is -2.37. The number of aliphatic carboxylic acids is 1. The fraction of sp³-hybridized carbons (Fsp3) is 0.500. The topological polar surface area (TPSA) is 75.6 Å². The van der Waals surface area contributed by atoms with E-state index in [-0.39, 0.29) is 17.9 Å². The molecule has 0 bridgehead atoms. The molecule has 1 fully saturated rings. The highest BCUT2D eigenvalue weighted by atomic mass is 16.5. The molecule has 5 nitrogen and oxygen atoms in total. The average molecular weight is 291 g/mol. The van der Waals surface area contributed by atoms with Gasteiger partial charge in [-0.25, -0.2) is 0 Å². The number of carbonyl (C=O) groups excluding carboxylic acids is 1. The van der Waals surface area contributed by atoms with Gasteiger partial charge in [-0.3, -0.25) is 9.59 Å². The van der Waals surface area contributed by atoms with E-state index in [0.29, 0.717) is 13.0 Å². The molecule has 0 spiro atoms. The van der Waals surface area contributed by atoms with Gasteiger partial charge in [-0.05, 0) is 25.8 Å². The Morgan fingerprint density at radius 3 is 2.62 bits per heavy atom. The summed E-state index contributed by atoms with van der Waals surface area (Å²) in [5.74, 6) is -1.91. The molecular formula is C16H21NO4. The molecule has 1 amide bonds. The fourth-order valence-corrected chi connectivity index (χ4v) is 2.41. The first-order chi connectivity index (χ1) is 10.0. The van der Waals surface area contributed by atoms with Crippen LogP contribution in [0.1, 0.15) is 31.9 Å². The molecular weight excluding hydrogens is 270 g/mol. The second kappa shape index (κ2) is 6.72. The lowest BCUT2D eigenvalue weighted by molar-refractivity contribution is -0.142. The summed E-state index contributed by atoms with van der Waals surface area (Å²) in [4.78, 5) is 23.5. The SMILES string of the molecule is CCO[C@@H]1C[C@@H]1C(=O)N[C@@H](c1ccccc1)[C@@H](C)C(=O)O. The summed E-state index contributed by atoms with van der Waals surface area (Å²) in [6.45, 7) is 4.09. The number of carbonyl (C=O) groups is 2. The van der Waals surface area contributed by atoms with Gasteiger partial charge in [-0.2, -0.15) is 0 Å². The lowest BCUT2D eigenvalue weighted by atomic mass is 9.94. The molecule has 4 atom stereocenters. The Morgan fingerprint density at radius 1 is 1.38 bits per heavy atom. The molecule has 0 saturated heterocycles. The maximum absolute atomic E-state index is 12.2. The Morgan fingerprint density at radius 2 is 2.05 bits per heavy atom. The third kappa shape index (κ3) is 3.82. The summed E-state index contributed by atoms with van der Waals surface area (Å²) in [5.41, 5.74) is 0.800. The summed E-state index contributed by atoms with van der Waals surface area (Å²) < 4.78 is 5.40. The van der Waals surface area contributed by atoms with Gasteiger partial charge >= 0.3 is 5.97 Å². The summed E-state index contributed by atoms with van der Waals surface area (Å²) in [6.07, 6.45) is 0.689. The van der Waals surface area contributed by atoms with E-state index in [1.54, 1.807) is 6.92 Å². The van der Waals surface area contributed by atoms with Crippen LogP contribution in [0.4, 0.5) is 0 Å². The van der Waals surface area contributed by atoms with Crippen LogP contribution in [-0.4, -0.2) is 29.7 Å². The van der Waals surface area contributed by atoms with Gasteiger partial charge in [-0.15, -0.1) is 0 Å². The van der Waals surface area contributed by atoms with Crippen molar-refractivity contribution in [1.29, 1.82) is 0 Å². The number of carboxylic acid groups (broad SMARTS) is 1. The molecule has 1 saturated carbocycles. The quantitative estimate of drug-likeness (QED) is 0.805. The Labute approximate surface area is 124 Å². The van der Waals surface area contributed by atoms with Crippen molar-refractivity contribution in [2.75, 3.05) is 6.61 Å². The number of benzene rings is 1. The van der Waals surface area contributed by atoms with Gasteiger partial charge in [0.15, 0.2) is 0 Å². The summed E-state index contributed by atoms with van der Waals surface area (Å²) in [7, 11) is 0. The number of amides is 1. The van der Waals surface area contributed by atoms with Crippen molar-refractivity contribution < 1.29 is 19.4 Å². The molecule has 1 aromatic carbocycles. The molecule has 0 unspecified atom stereocenters. The Balaban J connectivity index is 2.07. The van der Waals surface area contributed by atoms with Crippen molar-refractivity contribution in [2.24, 2.45) is 11.8 Å². The van der Waals surface area contributed by atoms with Crippen LogP contribution in [0.15, 0.2) is 30.3 Å². The lowest BCUT2D eigenvalue weighted by Gasteiger charge is -2.23. The molecule has 0 aliphatic heterocycles. The molecule has 1 aromatic rings. The zero-order chi connectivity index (χ0) is 15.4. The maximum Gasteiger partial charge on any atom is 0.308 e. The molecule has 0 radical (unpaired) electrons. The van der Waals surface area contributed by atoms with Crippen molar-refractivity contribution in [1.82, 2.24) is 5.32 Å². The van der Waals surface area contributed by atoms with E-state index < -0.39 is 17.9 Å². The first-order valence-electron chi connectivity index (χ1n) is 7.24. The minimum absolute atomic E-state index is 0.0217. The van der Waals surface area contributed by atoms with Crippen molar-refractivity contribution in [2.45, 2.75) is 32.4 Å². The van der Waals surface area contributed by atoms with Crippen LogP contribution in [0, 0.1) is 11.8 Å². The zero-order valence-corrected chi connectivity index (χ0v) is 12.3. The van der Waals surface area contributed by atoms with Crippen LogP contribution in [0.5, 0.6) is 0 Å². The highest BCUT2D eigenvalue weighted by Gasteiger charge is 2.45. The number of carboxylic acids is 1. The van der Waals surface area contributed by atoms with Crippen molar-refractivity contribution in [3.05, 3.63) is 35.9 Å². The summed E-state index contributed by atoms with van der Waals surface area (Å²) in [5, 5.41) is 12.1. The molecule has 2 rings (SSSR count). The van der Waals surface area contributed by atoms with E-state index in [9.17, 15) is 14.7 Å². The Bertz CT molecular complexity index is 502. The Hall–Kier alpha value is -1.88. The van der Waals surface area contributed by atoms with Gasteiger partial charge < -0.3 is 15.2 Å². The first-order valence-corrected chi connectivity index (χ1v) is 7.24. The molecule has 0 heterocycles. The third-order valence-corrected chi connectivity index (χ3v) is 3.80. The van der Waals surface area contributed by atoms with Gasteiger partial charge in [0.05, 0.1) is 24.0 Å². The van der Waals surface area contributed by atoms with E-state index in [1.165, 1.54) is 0 Å². The largest absolute Gasteiger partial charge is 0.481 e. The number of rotatable bonds is 7. The van der Waals surface area contributed by atoms with Crippen molar-refractivity contribution in [3.63, 3.8) is 0 Å². The fourth-order valence-electron chi connectivity index (χ4n) is 2.41. The molecule has 21 heavy (non-hydrogen) atoms. The predicted octanol–water partition coefficient (Wildman–Crippen LogP) is 1.99. The van der Waals surface area contributed by atoms with Gasteiger partial charge in [0.25, 0.3) is 0 Å². The van der Waals surface area contributed by atoms with Gasteiger partial charge in [-0.1, -0.05) is 30.3 Å². The molecule has 2 N–H and O–H groups in total. The standard InChI is InChI=1S/C16H21NO4/c1-3-21-13-9-12(13)15(18)17-14(10(2)16(19)20)11-7-5-4-6-8-11/h4-8,10,12-14H,3,9H2,1-2H3,(H,17,18)(H,19,20)/t10-,12+,13-,14-/m1/s1. The van der Waals surface area contributed by atoms with E-state index in [4.69, 9.17) is 4.74 Å². The van der Waals surface area contributed by atoms with Crippen molar-refractivity contribution >= 4 is 11.9 Å². The monoisotopic (exact) mass is 291 g/mol. The van der Waals surface area contributed by atoms with Crippen LogP contribution < -0.4 is 5.32 Å². The molecule has 1 aliphatic carbocycles.